The summed E-state index contributed by atoms with van der Waals surface area (Å²) in [6.07, 6.45) is 1.68. The van der Waals surface area contributed by atoms with Crippen LogP contribution in [0.4, 0.5) is 0 Å². The molecule has 0 N–H and O–H groups in total. The van der Waals surface area contributed by atoms with Gasteiger partial charge in [-0.15, -0.1) is 0 Å². The highest BCUT2D eigenvalue weighted by Crippen LogP contribution is 2.31. The van der Waals surface area contributed by atoms with Crippen LogP contribution >= 0.6 is 0 Å². The monoisotopic (exact) mass is 449 g/mol. The van der Waals surface area contributed by atoms with Gasteiger partial charge in [-0.1, -0.05) is 60.7 Å². The van der Waals surface area contributed by atoms with E-state index >= 15 is 0 Å². The number of aliphatic imine (C=N–C) groups is 1. The van der Waals surface area contributed by atoms with Crippen molar-refractivity contribution in [2.45, 2.75) is 13.5 Å². The van der Waals surface area contributed by atoms with E-state index in [4.69, 9.17) is 14.2 Å². The second-order valence-electron chi connectivity index (χ2n) is 8.02. The Balaban J connectivity index is 1.38. The van der Waals surface area contributed by atoms with E-state index in [1.807, 2.05) is 78.9 Å². The summed E-state index contributed by atoms with van der Waals surface area (Å²) in [7, 11) is 1.59. The second-order valence-corrected chi connectivity index (χ2v) is 8.02. The van der Waals surface area contributed by atoms with Gasteiger partial charge in [0.05, 0.1) is 7.11 Å². The number of hydrogen-bond acceptors (Lipinski definition) is 5. The predicted molar refractivity (Wildman–Crippen MR) is 133 cm³/mol. The minimum absolute atomic E-state index is 0.235. The maximum Gasteiger partial charge on any atom is 0.363 e. The van der Waals surface area contributed by atoms with E-state index in [2.05, 4.69) is 18.0 Å². The van der Waals surface area contributed by atoms with E-state index in [-0.39, 0.29) is 5.70 Å². The van der Waals surface area contributed by atoms with Gasteiger partial charge in [0.25, 0.3) is 0 Å². The van der Waals surface area contributed by atoms with Crippen molar-refractivity contribution in [2.24, 2.45) is 4.99 Å². The molecule has 0 aliphatic carbocycles. The largest absolute Gasteiger partial charge is 0.493 e. The highest BCUT2D eigenvalue weighted by atomic mass is 16.6. The van der Waals surface area contributed by atoms with Crippen molar-refractivity contribution in [3.8, 4) is 11.5 Å². The first kappa shape index (κ1) is 21.5. The average Bonchev–Trinajstić information content (AvgIpc) is 3.23. The second kappa shape index (κ2) is 9.24. The zero-order valence-electron chi connectivity index (χ0n) is 18.9. The Kier molecular flexibility index (Phi) is 5.83. The molecule has 4 aromatic carbocycles. The van der Waals surface area contributed by atoms with Crippen LogP contribution in [0.3, 0.4) is 0 Å². The number of esters is 1. The Hall–Kier alpha value is -4.38. The Morgan fingerprint density at radius 2 is 1.68 bits per heavy atom. The van der Waals surface area contributed by atoms with Crippen LogP contribution in [0.5, 0.6) is 11.5 Å². The number of rotatable bonds is 6. The molecule has 4 aromatic rings. The SMILES string of the molecule is COc1cc(/C=C2\N=C(c3ccc4ccccc4c3)OC2=O)ccc1OCc1ccccc1C. The average molecular weight is 450 g/mol. The maximum atomic E-state index is 12.5. The fraction of sp³-hybridized carbons (Fsp3) is 0.103. The zero-order valence-corrected chi connectivity index (χ0v) is 18.9. The number of carbonyl (C=O) groups excluding carboxylic acids is 1. The van der Waals surface area contributed by atoms with Gasteiger partial charge in [0.15, 0.2) is 17.2 Å². The molecule has 0 fully saturated rings. The Labute approximate surface area is 197 Å². The molecule has 5 heteroatoms. The zero-order chi connectivity index (χ0) is 23.5. The number of nitrogens with zero attached hydrogens (tertiary/aromatic N) is 1. The Morgan fingerprint density at radius 3 is 2.50 bits per heavy atom. The lowest BCUT2D eigenvalue weighted by Gasteiger charge is -2.12. The molecular weight excluding hydrogens is 426 g/mol. The van der Waals surface area contributed by atoms with E-state index in [1.54, 1.807) is 13.2 Å². The predicted octanol–water partition coefficient (Wildman–Crippen LogP) is 6.08. The van der Waals surface area contributed by atoms with Crippen molar-refractivity contribution in [2.75, 3.05) is 7.11 Å². The molecule has 0 radical (unpaired) electrons. The van der Waals surface area contributed by atoms with Crippen LogP contribution in [0.15, 0.2) is 95.6 Å². The quantitative estimate of drug-likeness (QED) is 0.264. The first-order valence-electron chi connectivity index (χ1n) is 11.0. The minimum Gasteiger partial charge on any atom is -0.493 e. The lowest BCUT2D eigenvalue weighted by Crippen LogP contribution is -2.05. The van der Waals surface area contributed by atoms with Crippen LogP contribution in [-0.4, -0.2) is 19.0 Å². The van der Waals surface area contributed by atoms with Crippen LogP contribution in [0.25, 0.3) is 16.8 Å². The molecule has 0 saturated carbocycles. The third-order valence-corrected chi connectivity index (χ3v) is 5.75. The van der Waals surface area contributed by atoms with Gasteiger partial charge >= 0.3 is 5.97 Å². The fourth-order valence-corrected chi connectivity index (χ4v) is 3.83. The lowest BCUT2D eigenvalue weighted by molar-refractivity contribution is -0.129. The highest BCUT2D eigenvalue weighted by Gasteiger charge is 2.24. The molecule has 0 atom stereocenters. The number of benzene rings is 4. The standard InChI is InChI=1S/C29H23NO4/c1-19-7-3-4-10-24(19)18-33-26-14-11-20(16-27(26)32-2)15-25-29(31)34-28(30-25)23-13-12-21-8-5-6-9-22(21)17-23/h3-17H,18H2,1-2H3/b25-15-. The van der Waals surface area contributed by atoms with E-state index in [1.165, 1.54) is 5.56 Å². The van der Waals surface area contributed by atoms with Crippen LogP contribution in [-0.2, 0) is 16.1 Å². The van der Waals surface area contributed by atoms with Gasteiger partial charge in [-0.2, -0.15) is 0 Å². The molecule has 0 saturated heterocycles. The summed E-state index contributed by atoms with van der Waals surface area (Å²) in [4.78, 5) is 16.9. The van der Waals surface area contributed by atoms with Crippen molar-refractivity contribution in [3.63, 3.8) is 0 Å². The number of hydrogen-bond donors (Lipinski definition) is 0. The smallest absolute Gasteiger partial charge is 0.363 e. The van der Waals surface area contributed by atoms with Crippen LogP contribution < -0.4 is 9.47 Å². The molecule has 1 aliphatic rings. The van der Waals surface area contributed by atoms with E-state index in [9.17, 15) is 4.79 Å². The number of fused-ring (bicyclic) bond motifs is 1. The molecule has 168 valence electrons. The highest BCUT2D eigenvalue weighted by molar-refractivity contribution is 6.13. The van der Waals surface area contributed by atoms with Gasteiger partial charge in [-0.3, -0.25) is 0 Å². The molecular formula is C29H23NO4. The van der Waals surface area contributed by atoms with Gasteiger partial charge in [-0.05, 0) is 64.7 Å². The minimum atomic E-state index is -0.484. The summed E-state index contributed by atoms with van der Waals surface area (Å²) in [5.74, 6) is 1.02. The molecule has 0 spiro atoms. The van der Waals surface area contributed by atoms with Crippen molar-refractivity contribution in [1.82, 2.24) is 0 Å². The summed E-state index contributed by atoms with van der Waals surface area (Å²) < 4.78 is 17.0. The summed E-state index contributed by atoms with van der Waals surface area (Å²) in [6, 6.07) is 27.5. The van der Waals surface area contributed by atoms with Gasteiger partial charge in [0, 0.05) is 5.56 Å². The summed E-state index contributed by atoms with van der Waals surface area (Å²) in [6.45, 7) is 2.49. The van der Waals surface area contributed by atoms with Crippen molar-refractivity contribution in [3.05, 3.63) is 113 Å². The molecule has 0 bridgehead atoms. The van der Waals surface area contributed by atoms with Crippen molar-refractivity contribution >= 4 is 28.7 Å². The summed E-state index contributed by atoms with van der Waals surface area (Å²) in [5, 5.41) is 2.17. The molecule has 0 aromatic heterocycles. The third kappa shape index (κ3) is 4.41. The molecule has 5 nitrogen and oxygen atoms in total. The topological polar surface area (TPSA) is 57.1 Å². The van der Waals surface area contributed by atoms with Crippen LogP contribution in [0.2, 0.25) is 0 Å². The third-order valence-electron chi connectivity index (χ3n) is 5.75. The number of cyclic esters (lactones) is 1. The Morgan fingerprint density at radius 1 is 0.882 bits per heavy atom. The van der Waals surface area contributed by atoms with Crippen LogP contribution in [0, 0.1) is 6.92 Å². The number of carbonyl (C=O) groups is 1. The molecule has 1 aliphatic heterocycles. The first-order chi connectivity index (χ1) is 16.6. The van der Waals surface area contributed by atoms with Crippen molar-refractivity contribution in [1.29, 1.82) is 0 Å². The lowest BCUT2D eigenvalue weighted by atomic mass is 10.1. The molecule has 0 unspecified atom stereocenters. The van der Waals surface area contributed by atoms with E-state index < -0.39 is 5.97 Å². The number of ether oxygens (including phenoxy) is 3. The van der Waals surface area contributed by atoms with Gasteiger partial charge < -0.3 is 14.2 Å². The van der Waals surface area contributed by atoms with Crippen molar-refractivity contribution < 1.29 is 19.0 Å². The molecule has 34 heavy (non-hydrogen) atoms. The van der Waals surface area contributed by atoms with E-state index in [0.29, 0.717) is 24.0 Å². The molecule has 1 heterocycles. The summed E-state index contributed by atoms with van der Waals surface area (Å²) in [5.41, 5.74) is 4.03. The Bertz CT molecular complexity index is 1450. The number of methoxy groups -OCH3 is 1. The summed E-state index contributed by atoms with van der Waals surface area (Å²) >= 11 is 0. The van der Waals surface area contributed by atoms with Gasteiger partial charge in [-0.25, -0.2) is 9.79 Å². The van der Waals surface area contributed by atoms with Crippen LogP contribution in [0.1, 0.15) is 22.3 Å². The fourth-order valence-electron chi connectivity index (χ4n) is 3.83. The maximum absolute atomic E-state index is 12.5. The van der Waals surface area contributed by atoms with Gasteiger partial charge in [0.2, 0.25) is 5.90 Å². The number of aryl methyl sites for hydroxylation is 1. The van der Waals surface area contributed by atoms with Gasteiger partial charge in [0.1, 0.15) is 6.61 Å². The molecule has 5 rings (SSSR count). The van der Waals surface area contributed by atoms with E-state index in [0.717, 1.165) is 27.5 Å². The first-order valence-corrected chi connectivity index (χ1v) is 11.0. The normalized spacial score (nSPS) is 14.2. The molecule has 0 amide bonds.